The zero-order chi connectivity index (χ0) is 15.6. The van der Waals surface area contributed by atoms with Crippen molar-refractivity contribution < 1.29 is 0 Å². The Bertz CT molecular complexity index is 950. The van der Waals surface area contributed by atoms with Crippen LogP contribution in [0.5, 0.6) is 0 Å². The second kappa shape index (κ2) is 5.90. The number of rotatable bonds is 4. The maximum Gasteiger partial charge on any atom is 0.226 e. The minimum atomic E-state index is 0.148. The molecule has 114 valence electrons. The average molecular weight is 344 g/mol. The van der Waals surface area contributed by atoms with Crippen LogP contribution in [0.1, 0.15) is 5.01 Å². The smallest absolute Gasteiger partial charge is 0.226 e. The van der Waals surface area contributed by atoms with Gasteiger partial charge in [0.25, 0.3) is 0 Å². The SMILES string of the molecule is Clc1nc(NCc2nnc(-c3ccccc3)s2)c2[nH]cnc2n1. The van der Waals surface area contributed by atoms with Gasteiger partial charge in [0.15, 0.2) is 11.5 Å². The van der Waals surface area contributed by atoms with Gasteiger partial charge in [0.1, 0.15) is 15.5 Å². The fraction of sp³-hybridized carbons (Fsp3) is 0.0714. The van der Waals surface area contributed by atoms with Crippen LogP contribution in [-0.4, -0.2) is 30.1 Å². The van der Waals surface area contributed by atoms with E-state index in [-0.39, 0.29) is 5.28 Å². The Morgan fingerprint density at radius 1 is 1.13 bits per heavy atom. The Balaban J connectivity index is 1.55. The number of fused-ring (bicyclic) bond motifs is 1. The highest BCUT2D eigenvalue weighted by Gasteiger charge is 2.10. The van der Waals surface area contributed by atoms with Crippen molar-refractivity contribution in [1.29, 1.82) is 0 Å². The van der Waals surface area contributed by atoms with Crippen molar-refractivity contribution in [1.82, 2.24) is 30.1 Å². The van der Waals surface area contributed by atoms with E-state index in [9.17, 15) is 0 Å². The highest BCUT2D eigenvalue weighted by molar-refractivity contribution is 7.14. The summed E-state index contributed by atoms with van der Waals surface area (Å²) in [4.78, 5) is 15.3. The highest BCUT2D eigenvalue weighted by atomic mass is 35.5. The minimum Gasteiger partial charge on any atom is -0.362 e. The molecule has 0 bridgehead atoms. The molecule has 7 nitrogen and oxygen atoms in total. The van der Waals surface area contributed by atoms with Crippen molar-refractivity contribution in [2.75, 3.05) is 5.32 Å². The van der Waals surface area contributed by atoms with E-state index in [0.717, 1.165) is 15.6 Å². The molecule has 0 atom stereocenters. The number of aromatic amines is 1. The van der Waals surface area contributed by atoms with Crippen LogP contribution in [0.3, 0.4) is 0 Å². The van der Waals surface area contributed by atoms with E-state index in [1.807, 2.05) is 30.3 Å². The number of hydrogen-bond donors (Lipinski definition) is 2. The summed E-state index contributed by atoms with van der Waals surface area (Å²) in [5.41, 5.74) is 2.29. The third-order valence-corrected chi connectivity index (χ3v) is 4.29. The summed E-state index contributed by atoms with van der Waals surface area (Å²) in [7, 11) is 0. The number of anilines is 1. The van der Waals surface area contributed by atoms with Gasteiger partial charge < -0.3 is 10.3 Å². The largest absolute Gasteiger partial charge is 0.362 e. The van der Waals surface area contributed by atoms with E-state index in [0.29, 0.717) is 23.5 Å². The summed E-state index contributed by atoms with van der Waals surface area (Å²) in [6.45, 7) is 0.492. The molecule has 0 amide bonds. The van der Waals surface area contributed by atoms with Gasteiger partial charge in [0, 0.05) is 5.56 Å². The Labute approximate surface area is 139 Å². The van der Waals surface area contributed by atoms with Gasteiger partial charge >= 0.3 is 0 Å². The highest BCUT2D eigenvalue weighted by Crippen LogP contribution is 2.24. The van der Waals surface area contributed by atoms with Crippen LogP contribution in [0.4, 0.5) is 5.82 Å². The van der Waals surface area contributed by atoms with Crippen molar-refractivity contribution in [3.05, 3.63) is 47.0 Å². The molecule has 0 unspecified atom stereocenters. The predicted molar refractivity (Wildman–Crippen MR) is 89.4 cm³/mol. The first-order chi connectivity index (χ1) is 11.3. The molecule has 23 heavy (non-hydrogen) atoms. The zero-order valence-corrected chi connectivity index (χ0v) is 13.3. The Morgan fingerprint density at radius 3 is 2.87 bits per heavy atom. The van der Waals surface area contributed by atoms with Crippen LogP contribution in [-0.2, 0) is 6.54 Å². The fourth-order valence-corrected chi connectivity index (χ4v) is 3.07. The lowest BCUT2D eigenvalue weighted by Crippen LogP contribution is -2.03. The van der Waals surface area contributed by atoms with Gasteiger partial charge in [0.05, 0.1) is 12.9 Å². The van der Waals surface area contributed by atoms with Crippen LogP contribution < -0.4 is 5.32 Å². The van der Waals surface area contributed by atoms with Crippen molar-refractivity contribution >= 4 is 39.9 Å². The van der Waals surface area contributed by atoms with Gasteiger partial charge in [0.2, 0.25) is 5.28 Å². The standard InChI is InChI=1S/C14H10ClN7S/c15-14-19-11(10-12(20-14)18-7-17-10)16-6-9-21-22-13(23-9)8-4-2-1-3-5-8/h1-5,7H,6H2,(H2,16,17,18,19,20). The minimum absolute atomic E-state index is 0.148. The normalized spacial score (nSPS) is 11.0. The molecule has 0 saturated heterocycles. The van der Waals surface area contributed by atoms with E-state index < -0.39 is 0 Å². The lowest BCUT2D eigenvalue weighted by Gasteiger charge is -2.03. The first kappa shape index (κ1) is 14.0. The summed E-state index contributed by atoms with van der Waals surface area (Å²) in [6.07, 6.45) is 1.55. The molecule has 9 heteroatoms. The molecule has 4 aromatic rings. The van der Waals surface area contributed by atoms with Gasteiger partial charge in [-0.15, -0.1) is 10.2 Å². The van der Waals surface area contributed by atoms with E-state index in [2.05, 4.69) is 35.5 Å². The molecule has 0 radical (unpaired) electrons. The lowest BCUT2D eigenvalue weighted by molar-refractivity contribution is 0.985. The van der Waals surface area contributed by atoms with Crippen LogP contribution in [0, 0.1) is 0 Å². The summed E-state index contributed by atoms with van der Waals surface area (Å²) in [6, 6.07) is 9.95. The Hall–Kier alpha value is -2.58. The summed E-state index contributed by atoms with van der Waals surface area (Å²) >= 11 is 7.44. The van der Waals surface area contributed by atoms with Crippen LogP contribution in [0.15, 0.2) is 36.7 Å². The number of hydrogen-bond acceptors (Lipinski definition) is 7. The van der Waals surface area contributed by atoms with Crippen molar-refractivity contribution in [3.8, 4) is 10.6 Å². The Kier molecular flexibility index (Phi) is 3.60. The first-order valence-corrected chi connectivity index (χ1v) is 7.97. The zero-order valence-electron chi connectivity index (χ0n) is 11.7. The summed E-state index contributed by atoms with van der Waals surface area (Å²) in [5.74, 6) is 0.592. The number of aromatic nitrogens is 6. The second-order valence-corrected chi connectivity index (χ2v) is 6.06. The summed E-state index contributed by atoms with van der Waals surface area (Å²) in [5, 5.41) is 13.5. The van der Waals surface area contributed by atoms with Crippen LogP contribution in [0.25, 0.3) is 21.7 Å². The summed E-state index contributed by atoms with van der Waals surface area (Å²) < 4.78 is 0. The maximum atomic E-state index is 5.91. The molecular weight excluding hydrogens is 334 g/mol. The Morgan fingerprint density at radius 2 is 2.00 bits per heavy atom. The number of H-pyrrole nitrogens is 1. The van der Waals surface area contributed by atoms with Crippen LogP contribution in [0.2, 0.25) is 5.28 Å². The fourth-order valence-electron chi connectivity index (χ4n) is 2.12. The quantitative estimate of drug-likeness (QED) is 0.553. The monoisotopic (exact) mass is 343 g/mol. The van der Waals surface area contributed by atoms with Crippen LogP contribution >= 0.6 is 22.9 Å². The lowest BCUT2D eigenvalue weighted by atomic mass is 10.2. The average Bonchev–Trinajstić information content (AvgIpc) is 3.22. The molecule has 2 N–H and O–H groups in total. The topological polar surface area (TPSA) is 92.3 Å². The number of benzene rings is 1. The number of imidazole rings is 1. The molecule has 1 aromatic carbocycles. The van der Waals surface area contributed by atoms with E-state index in [1.165, 1.54) is 11.3 Å². The molecular formula is C14H10ClN7S. The number of halogens is 1. The van der Waals surface area contributed by atoms with Crippen molar-refractivity contribution in [2.45, 2.75) is 6.54 Å². The molecule has 3 aromatic heterocycles. The molecule has 4 rings (SSSR count). The number of nitrogens with one attached hydrogen (secondary N) is 2. The van der Waals surface area contributed by atoms with Gasteiger partial charge in [-0.25, -0.2) is 4.98 Å². The van der Waals surface area contributed by atoms with E-state index in [1.54, 1.807) is 6.33 Å². The molecule has 0 saturated carbocycles. The van der Waals surface area contributed by atoms with Gasteiger partial charge in [-0.3, -0.25) is 0 Å². The first-order valence-electron chi connectivity index (χ1n) is 6.78. The maximum absolute atomic E-state index is 5.91. The molecule has 0 spiro atoms. The van der Waals surface area contributed by atoms with Gasteiger partial charge in [-0.2, -0.15) is 9.97 Å². The molecule has 3 heterocycles. The second-order valence-electron chi connectivity index (χ2n) is 4.66. The predicted octanol–water partition coefficient (Wildman–Crippen LogP) is 3.14. The van der Waals surface area contributed by atoms with E-state index in [4.69, 9.17) is 11.6 Å². The van der Waals surface area contributed by atoms with Gasteiger partial charge in [-0.05, 0) is 11.6 Å². The molecule has 0 aliphatic heterocycles. The third-order valence-electron chi connectivity index (χ3n) is 3.15. The third kappa shape index (κ3) is 2.86. The van der Waals surface area contributed by atoms with Crippen molar-refractivity contribution in [2.24, 2.45) is 0 Å². The molecule has 0 aliphatic rings. The van der Waals surface area contributed by atoms with Gasteiger partial charge in [-0.1, -0.05) is 41.7 Å². The molecule has 0 aliphatic carbocycles. The van der Waals surface area contributed by atoms with Crippen molar-refractivity contribution in [3.63, 3.8) is 0 Å². The van der Waals surface area contributed by atoms with E-state index >= 15 is 0 Å². The molecule has 0 fully saturated rings. The number of nitrogens with zero attached hydrogens (tertiary/aromatic N) is 5.